The SMILES string of the molecule is CCc1ccc(C2CC(=O)C3=C(C2)Nc2ccccc2NC3c2ccc(OC)c(OC)c2OC)cc1. The Morgan fingerprint density at radius 1 is 0.833 bits per heavy atom. The number of hydrogen-bond acceptors (Lipinski definition) is 6. The number of nitrogens with one attached hydrogen (secondary N) is 2. The molecule has 6 heteroatoms. The maximum absolute atomic E-state index is 13.9. The first-order valence-corrected chi connectivity index (χ1v) is 12.3. The fourth-order valence-corrected chi connectivity index (χ4v) is 5.34. The molecular weight excluding hydrogens is 452 g/mol. The van der Waals surface area contributed by atoms with E-state index in [1.807, 2.05) is 36.4 Å². The lowest BCUT2D eigenvalue weighted by atomic mass is 9.78. The molecule has 0 bridgehead atoms. The van der Waals surface area contributed by atoms with Gasteiger partial charge in [-0.3, -0.25) is 4.79 Å². The fraction of sp³-hybridized carbons (Fsp3) is 0.300. The van der Waals surface area contributed by atoms with Crippen molar-refractivity contribution >= 4 is 17.2 Å². The molecule has 2 unspecified atom stereocenters. The number of methoxy groups -OCH3 is 3. The number of rotatable bonds is 6. The second kappa shape index (κ2) is 9.97. The molecule has 1 heterocycles. The Bertz CT molecular complexity index is 1310. The minimum Gasteiger partial charge on any atom is -0.493 e. The first-order chi connectivity index (χ1) is 17.6. The van der Waals surface area contributed by atoms with Gasteiger partial charge in [0.2, 0.25) is 5.75 Å². The van der Waals surface area contributed by atoms with Crippen molar-refractivity contribution in [3.63, 3.8) is 0 Å². The largest absolute Gasteiger partial charge is 0.493 e. The van der Waals surface area contributed by atoms with E-state index in [1.165, 1.54) is 11.1 Å². The Labute approximate surface area is 212 Å². The molecule has 1 aliphatic carbocycles. The third kappa shape index (κ3) is 4.17. The number of ketones is 1. The summed E-state index contributed by atoms with van der Waals surface area (Å²) in [5.41, 5.74) is 6.85. The molecule has 0 saturated carbocycles. The van der Waals surface area contributed by atoms with Crippen molar-refractivity contribution in [2.75, 3.05) is 32.0 Å². The van der Waals surface area contributed by atoms with Crippen molar-refractivity contribution in [3.05, 3.63) is 88.6 Å². The summed E-state index contributed by atoms with van der Waals surface area (Å²) in [5.74, 6) is 1.86. The minimum absolute atomic E-state index is 0.118. The zero-order valence-corrected chi connectivity index (χ0v) is 21.2. The summed E-state index contributed by atoms with van der Waals surface area (Å²) in [5, 5.41) is 7.22. The molecule has 0 amide bonds. The van der Waals surface area contributed by atoms with E-state index in [9.17, 15) is 4.79 Å². The molecule has 36 heavy (non-hydrogen) atoms. The second-order valence-corrected chi connectivity index (χ2v) is 9.19. The van der Waals surface area contributed by atoms with Gasteiger partial charge in [-0.05, 0) is 54.2 Å². The number of allylic oxidation sites excluding steroid dienone is 1. The molecule has 0 aromatic heterocycles. The summed E-state index contributed by atoms with van der Waals surface area (Å²) >= 11 is 0. The number of aryl methyl sites for hydroxylation is 1. The highest BCUT2D eigenvalue weighted by Crippen LogP contribution is 2.49. The summed E-state index contributed by atoms with van der Waals surface area (Å²) < 4.78 is 17.0. The predicted octanol–water partition coefficient (Wildman–Crippen LogP) is 6.25. The Morgan fingerprint density at radius 3 is 2.22 bits per heavy atom. The van der Waals surface area contributed by atoms with E-state index >= 15 is 0 Å². The van der Waals surface area contributed by atoms with Gasteiger partial charge in [-0.15, -0.1) is 0 Å². The number of ether oxygens (including phenoxy) is 3. The first-order valence-electron chi connectivity index (χ1n) is 12.3. The van der Waals surface area contributed by atoms with E-state index in [1.54, 1.807) is 21.3 Å². The first kappa shape index (κ1) is 23.8. The summed E-state index contributed by atoms with van der Waals surface area (Å²) in [7, 11) is 4.80. The molecule has 3 aromatic rings. The van der Waals surface area contributed by atoms with Gasteiger partial charge in [-0.25, -0.2) is 0 Å². The molecule has 5 rings (SSSR count). The van der Waals surface area contributed by atoms with Crippen LogP contribution >= 0.6 is 0 Å². The van der Waals surface area contributed by atoms with Gasteiger partial charge in [0.25, 0.3) is 0 Å². The van der Waals surface area contributed by atoms with Crippen LogP contribution in [0.5, 0.6) is 17.2 Å². The van der Waals surface area contributed by atoms with E-state index in [0.29, 0.717) is 23.7 Å². The lowest BCUT2D eigenvalue weighted by Crippen LogP contribution is -2.27. The van der Waals surface area contributed by atoms with Crippen LogP contribution < -0.4 is 24.8 Å². The van der Waals surface area contributed by atoms with Gasteiger partial charge in [0.05, 0.1) is 38.7 Å². The van der Waals surface area contributed by atoms with Crippen LogP contribution in [0.25, 0.3) is 0 Å². The van der Waals surface area contributed by atoms with Crippen LogP contribution in [-0.4, -0.2) is 27.1 Å². The average Bonchev–Trinajstić information content (AvgIpc) is 3.09. The Hall–Kier alpha value is -3.93. The highest BCUT2D eigenvalue weighted by atomic mass is 16.5. The van der Waals surface area contributed by atoms with Crippen LogP contribution in [-0.2, 0) is 11.2 Å². The zero-order chi connectivity index (χ0) is 25.2. The lowest BCUT2D eigenvalue weighted by Gasteiger charge is -2.31. The normalized spacial score (nSPS) is 18.8. The van der Waals surface area contributed by atoms with Crippen molar-refractivity contribution in [1.29, 1.82) is 0 Å². The highest BCUT2D eigenvalue weighted by molar-refractivity contribution is 6.01. The van der Waals surface area contributed by atoms with Crippen molar-refractivity contribution in [3.8, 4) is 17.2 Å². The Kier molecular flexibility index (Phi) is 6.59. The third-order valence-electron chi connectivity index (χ3n) is 7.21. The van der Waals surface area contributed by atoms with Gasteiger partial charge in [0.15, 0.2) is 17.3 Å². The van der Waals surface area contributed by atoms with Gasteiger partial charge >= 0.3 is 0 Å². The van der Waals surface area contributed by atoms with Gasteiger partial charge < -0.3 is 24.8 Å². The molecule has 3 aromatic carbocycles. The summed E-state index contributed by atoms with van der Waals surface area (Å²) in [6.45, 7) is 2.15. The molecule has 0 fully saturated rings. The van der Waals surface area contributed by atoms with Crippen LogP contribution in [0.3, 0.4) is 0 Å². The van der Waals surface area contributed by atoms with E-state index in [-0.39, 0.29) is 11.7 Å². The van der Waals surface area contributed by atoms with E-state index in [4.69, 9.17) is 14.2 Å². The topological polar surface area (TPSA) is 68.8 Å². The number of para-hydroxylation sites is 2. The highest BCUT2D eigenvalue weighted by Gasteiger charge is 2.38. The van der Waals surface area contributed by atoms with E-state index in [0.717, 1.165) is 41.1 Å². The number of benzene rings is 3. The Balaban J connectivity index is 1.64. The zero-order valence-electron chi connectivity index (χ0n) is 21.2. The number of hydrogen-bond donors (Lipinski definition) is 2. The van der Waals surface area contributed by atoms with Crippen LogP contribution in [0.1, 0.15) is 48.4 Å². The van der Waals surface area contributed by atoms with Gasteiger partial charge in [0.1, 0.15) is 0 Å². The molecule has 2 atom stereocenters. The van der Waals surface area contributed by atoms with Crippen LogP contribution in [0.4, 0.5) is 11.4 Å². The summed E-state index contributed by atoms with van der Waals surface area (Å²) in [6.07, 6.45) is 2.20. The van der Waals surface area contributed by atoms with Gasteiger partial charge in [0, 0.05) is 23.3 Å². The quantitative estimate of drug-likeness (QED) is 0.431. The van der Waals surface area contributed by atoms with Crippen molar-refractivity contribution in [1.82, 2.24) is 0 Å². The number of carbonyl (C=O) groups excluding carboxylic acids is 1. The van der Waals surface area contributed by atoms with Crippen molar-refractivity contribution in [2.45, 2.75) is 38.1 Å². The number of carbonyl (C=O) groups is 1. The summed E-state index contributed by atoms with van der Waals surface area (Å²) in [4.78, 5) is 13.9. The molecule has 2 aliphatic rings. The molecule has 6 nitrogen and oxygen atoms in total. The van der Waals surface area contributed by atoms with E-state index in [2.05, 4.69) is 41.8 Å². The standard InChI is InChI=1S/C30H32N2O4/c1-5-18-10-12-19(13-11-18)20-16-24-27(25(33)17-20)28(32-23-9-7-6-8-22(23)31-24)21-14-15-26(34-2)30(36-4)29(21)35-3/h6-15,20,28,31-32H,5,16-17H2,1-4H3. The van der Waals surface area contributed by atoms with Crippen LogP contribution in [0.2, 0.25) is 0 Å². The monoisotopic (exact) mass is 484 g/mol. The lowest BCUT2D eigenvalue weighted by molar-refractivity contribution is -0.116. The Morgan fingerprint density at radius 2 is 1.56 bits per heavy atom. The van der Waals surface area contributed by atoms with E-state index < -0.39 is 6.04 Å². The minimum atomic E-state index is -0.415. The van der Waals surface area contributed by atoms with Crippen LogP contribution in [0.15, 0.2) is 71.9 Å². The molecule has 0 spiro atoms. The van der Waals surface area contributed by atoms with Gasteiger partial charge in [-0.2, -0.15) is 0 Å². The maximum atomic E-state index is 13.9. The molecule has 0 radical (unpaired) electrons. The third-order valence-corrected chi connectivity index (χ3v) is 7.21. The van der Waals surface area contributed by atoms with Crippen molar-refractivity contribution in [2.24, 2.45) is 0 Å². The number of Topliss-reactive ketones (excluding diaryl/α,β-unsaturated/α-hetero) is 1. The van der Waals surface area contributed by atoms with Crippen molar-refractivity contribution < 1.29 is 19.0 Å². The number of fused-ring (bicyclic) bond motifs is 1. The van der Waals surface area contributed by atoms with Crippen LogP contribution in [0, 0.1) is 0 Å². The predicted molar refractivity (Wildman–Crippen MR) is 142 cm³/mol. The average molecular weight is 485 g/mol. The number of anilines is 2. The second-order valence-electron chi connectivity index (χ2n) is 9.19. The molecule has 0 saturated heterocycles. The molecular formula is C30H32N2O4. The fourth-order valence-electron chi connectivity index (χ4n) is 5.34. The van der Waals surface area contributed by atoms with Gasteiger partial charge in [-0.1, -0.05) is 43.3 Å². The molecule has 186 valence electrons. The summed E-state index contributed by atoms with van der Waals surface area (Å²) in [6, 6.07) is 20.1. The maximum Gasteiger partial charge on any atom is 0.203 e. The smallest absolute Gasteiger partial charge is 0.203 e. The molecule has 1 aliphatic heterocycles. The molecule has 2 N–H and O–H groups in total.